The maximum absolute atomic E-state index is 9.66. The van der Waals surface area contributed by atoms with E-state index in [4.69, 9.17) is 0 Å². The van der Waals surface area contributed by atoms with Crippen molar-refractivity contribution in [3.63, 3.8) is 0 Å². The molecule has 0 spiro atoms. The molecule has 0 saturated carbocycles. The van der Waals surface area contributed by atoms with E-state index in [1.807, 2.05) is 0 Å². The molecule has 15 heavy (non-hydrogen) atoms. The number of nitrogens with zero attached hydrogens (tertiary/aromatic N) is 2. The fourth-order valence-electron chi connectivity index (χ4n) is 0.516. The minimum Gasteiger partial charge on any atom is -0.549 e. The van der Waals surface area contributed by atoms with E-state index >= 15 is 0 Å². The van der Waals surface area contributed by atoms with Gasteiger partial charge in [0.25, 0.3) is 0 Å². The van der Waals surface area contributed by atoms with Gasteiger partial charge in [0.2, 0.25) is 0 Å². The molecular weight excluding hydrogens is 325 g/mol. The molecule has 0 radical (unpaired) electrons. The van der Waals surface area contributed by atoms with Crippen molar-refractivity contribution in [2.75, 3.05) is 41.3 Å². The summed E-state index contributed by atoms with van der Waals surface area (Å²) in [5.74, 6) is -2.07. The molecule has 0 amide bonds. The van der Waals surface area contributed by atoms with Crippen LogP contribution in [0, 0.1) is 0 Å². The van der Waals surface area contributed by atoms with Gasteiger partial charge in [-0.3, -0.25) is 0 Å². The van der Waals surface area contributed by atoms with Crippen LogP contribution >= 0.6 is 0 Å². The van der Waals surface area contributed by atoms with Crippen molar-refractivity contribution in [2.45, 2.75) is 0 Å². The van der Waals surface area contributed by atoms with Crippen molar-refractivity contribution in [3.8, 4) is 0 Å². The summed E-state index contributed by atoms with van der Waals surface area (Å²) >= 11 is 0. The Bertz CT molecular complexity index is 165. The van der Waals surface area contributed by atoms with Gasteiger partial charge in [-0.15, -0.1) is 0 Å². The second-order valence-electron chi connectivity index (χ2n) is 3.22. The zero-order valence-corrected chi connectivity index (χ0v) is 14.1. The third kappa shape index (κ3) is 31.4. The number of rotatable bonds is 4. The second-order valence-corrected chi connectivity index (χ2v) is 3.22. The molecule has 0 aromatic heterocycles. The molecule has 0 saturated heterocycles. The van der Waals surface area contributed by atoms with Gasteiger partial charge < -0.3 is 29.6 Å². The molecule has 0 aliphatic heterocycles. The van der Waals surface area contributed by atoms with Crippen LogP contribution in [0.4, 0.5) is 0 Å². The topological polar surface area (TPSA) is 86.7 Å². The molecule has 7 heteroatoms. The van der Waals surface area contributed by atoms with Crippen LogP contribution in [0.1, 0.15) is 0 Å². The summed E-state index contributed by atoms with van der Waals surface area (Å²) in [6.45, 7) is 0. The molecule has 0 fully saturated rings. The number of carboxylic acid groups (broad SMARTS) is 2. The van der Waals surface area contributed by atoms with E-state index in [0.29, 0.717) is 0 Å². The van der Waals surface area contributed by atoms with Gasteiger partial charge in [-0.2, -0.15) is 0 Å². The Morgan fingerprint density at radius 2 is 1.07 bits per heavy atom. The van der Waals surface area contributed by atoms with Crippen molar-refractivity contribution >= 4 is 60.8 Å². The van der Waals surface area contributed by atoms with Gasteiger partial charge in [0, 0.05) is 13.1 Å². The third-order valence-corrected chi connectivity index (χ3v) is 0.891. The van der Waals surface area contributed by atoms with Crippen molar-refractivity contribution in [1.82, 2.24) is 9.80 Å². The molecule has 0 aromatic rings. The van der Waals surface area contributed by atoms with Crippen LogP contribution in [0.25, 0.3) is 0 Å². The van der Waals surface area contributed by atoms with E-state index in [2.05, 4.69) is 0 Å². The molecule has 84 valence electrons. The Hall–Kier alpha value is 0.431. The second kappa shape index (κ2) is 12.5. The normalized spacial score (nSPS) is 8.93. The van der Waals surface area contributed by atoms with Crippen LogP contribution in [0.5, 0.6) is 0 Å². The Morgan fingerprint density at radius 1 is 0.867 bits per heavy atom. The smallest absolute Gasteiger partial charge is 0.549 e. The Morgan fingerprint density at radius 3 is 1.07 bits per heavy atom. The van der Waals surface area contributed by atoms with Gasteiger partial charge in [0.15, 0.2) is 0 Å². The molecule has 0 aliphatic rings. The summed E-state index contributed by atoms with van der Waals surface area (Å²) in [6, 6.07) is 0. The van der Waals surface area contributed by atoms with Crippen molar-refractivity contribution < 1.29 is 19.8 Å². The van der Waals surface area contributed by atoms with E-state index < -0.39 is 11.9 Å². The Labute approximate surface area is 130 Å². The Balaban J connectivity index is -0.000000180. The SMILES string of the molecule is CN(C)CC(=O)[O-].CN(C)CC(=O)[O-].[Ba+2]. The number of likely N-dealkylation sites (N-methyl/N-ethyl adjacent to an activating group) is 2. The number of hydrogen-bond donors (Lipinski definition) is 0. The first-order chi connectivity index (χ1) is 6.25. The van der Waals surface area contributed by atoms with Gasteiger partial charge >= 0.3 is 48.9 Å². The number of hydrogen-bond acceptors (Lipinski definition) is 6. The fraction of sp³-hybridized carbons (Fsp3) is 0.750. The van der Waals surface area contributed by atoms with Crippen molar-refractivity contribution in [3.05, 3.63) is 0 Å². The van der Waals surface area contributed by atoms with E-state index in [1.54, 1.807) is 28.2 Å². The van der Waals surface area contributed by atoms with Crippen molar-refractivity contribution in [1.29, 1.82) is 0 Å². The molecule has 0 atom stereocenters. The first-order valence-electron chi connectivity index (χ1n) is 3.94. The molecule has 0 aromatic carbocycles. The van der Waals surface area contributed by atoms with E-state index in [0.717, 1.165) is 0 Å². The maximum atomic E-state index is 9.66. The Kier molecular flexibility index (Phi) is 17.3. The summed E-state index contributed by atoms with van der Waals surface area (Å²) in [7, 11) is 6.71. The van der Waals surface area contributed by atoms with E-state index in [-0.39, 0.29) is 62.0 Å². The number of carbonyl (C=O) groups excluding carboxylic acids is 2. The van der Waals surface area contributed by atoms with Gasteiger partial charge in [0.05, 0.1) is 11.9 Å². The molecule has 6 nitrogen and oxygen atoms in total. The van der Waals surface area contributed by atoms with Gasteiger partial charge in [-0.25, -0.2) is 0 Å². The van der Waals surface area contributed by atoms with Crippen LogP contribution in [-0.2, 0) is 9.59 Å². The minimum absolute atomic E-state index is 0. The average Bonchev–Trinajstić information content (AvgIpc) is 1.79. The molecule has 0 aliphatic carbocycles. The predicted molar refractivity (Wildman–Crippen MR) is 52.9 cm³/mol. The number of carboxylic acids is 2. The van der Waals surface area contributed by atoms with Crippen LogP contribution < -0.4 is 10.2 Å². The van der Waals surface area contributed by atoms with Gasteiger partial charge in [-0.05, 0) is 28.2 Å². The molecule has 0 N–H and O–H groups in total. The quantitative estimate of drug-likeness (QED) is 0.488. The van der Waals surface area contributed by atoms with E-state index in [1.165, 1.54) is 9.80 Å². The maximum Gasteiger partial charge on any atom is 2.00 e. The molecule has 0 unspecified atom stereocenters. The fourth-order valence-corrected chi connectivity index (χ4v) is 0.516. The largest absolute Gasteiger partial charge is 2.00 e. The number of aliphatic carboxylic acids is 2. The standard InChI is InChI=1S/2C4H9NO2.Ba/c2*1-5(2)3-4(6)7;/h2*3H2,1-2H3,(H,6,7);/q;;+2/p-2. The summed E-state index contributed by atoms with van der Waals surface area (Å²) in [5.41, 5.74) is 0. The third-order valence-electron chi connectivity index (χ3n) is 0.891. The van der Waals surface area contributed by atoms with Gasteiger partial charge in [0.1, 0.15) is 0 Å². The zero-order chi connectivity index (χ0) is 11.7. The van der Waals surface area contributed by atoms with E-state index in [9.17, 15) is 19.8 Å². The minimum atomic E-state index is -1.04. The van der Waals surface area contributed by atoms with Gasteiger partial charge in [-0.1, -0.05) is 0 Å². The van der Waals surface area contributed by atoms with Crippen LogP contribution in [0.3, 0.4) is 0 Å². The summed E-state index contributed by atoms with van der Waals surface area (Å²) in [6.07, 6.45) is 0. The first kappa shape index (κ1) is 20.8. The van der Waals surface area contributed by atoms with Crippen LogP contribution in [-0.4, -0.2) is 112 Å². The summed E-state index contributed by atoms with van der Waals surface area (Å²) < 4.78 is 0. The van der Waals surface area contributed by atoms with Crippen LogP contribution in [0.15, 0.2) is 0 Å². The molecule has 0 rings (SSSR count). The molecular formula is C8H16BaN2O4. The monoisotopic (exact) mass is 342 g/mol. The first-order valence-corrected chi connectivity index (χ1v) is 3.94. The van der Waals surface area contributed by atoms with Crippen LogP contribution in [0.2, 0.25) is 0 Å². The number of carbonyl (C=O) groups is 2. The average molecular weight is 342 g/mol. The molecule has 0 heterocycles. The van der Waals surface area contributed by atoms with Crippen molar-refractivity contribution in [2.24, 2.45) is 0 Å². The zero-order valence-electron chi connectivity index (χ0n) is 9.65. The molecule has 0 bridgehead atoms. The summed E-state index contributed by atoms with van der Waals surface area (Å²) in [4.78, 5) is 22.4. The predicted octanol–water partition coefficient (Wildman–Crippen LogP) is -3.78. The summed E-state index contributed by atoms with van der Waals surface area (Å²) in [5, 5.41) is 19.3.